The molecule has 1 aromatic rings. The lowest BCUT2D eigenvalue weighted by molar-refractivity contribution is -0.0526. The second kappa shape index (κ2) is 7.21. The van der Waals surface area contributed by atoms with Gasteiger partial charge in [0.25, 0.3) is 5.91 Å². The number of hydrogen-bond acceptors (Lipinski definition) is 5. The van der Waals surface area contributed by atoms with Gasteiger partial charge in [0.15, 0.2) is 11.5 Å². The van der Waals surface area contributed by atoms with Gasteiger partial charge in [-0.15, -0.1) is 0 Å². The number of alkyl halides is 2. The molecule has 1 unspecified atom stereocenters. The number of carbonyl (C=O) groups is 1. The fourth-order valence-electron chi connectivity index (χ4n) is 2.59. The SMILES string of the molecule is COc1cc(C(=O)NC(C)(CN)C2CC2)cc(OC)c1OC(F)F. The molecule has 0 aromatic heterocycles. The smallest absolute Gasteiger partial charge is 0.387 e. The van der Waals surface area contributed by atoms with E-state index < -0.39 is 12.2 Å². The number of amides is 1. The highest BCUT2D eigenvalue weighted by atomic mass is 19.3. The van der Waals surface area contributed by atoms with Crippen LogP contribution in [-0.2, 0) is 0 Å². The molecule has 0 saturated heterocycles. The topological polar surface area (TPSA) is 82.8 Å². The Balaban J connectivity index is 2.31. The highest BCUT2D eigenvalue weighted by Gasteiger charge is 2.41. The Morgan fingerprint density at radius 2 is 1.88 bits per heavy atom. The van der Waals surface area contributed by atoms with Gasteiger partial charge in [0, 0.05) is 12.1 Å². The van der Waals surface area contributed by atoms with Crippen LogP contribution in [0, 0.1) is 5.92 Å². The first-order chi connectivity index (χ1) is 11.3. The predicted octanol–water partition coefficient (Wildman–Crippen LogP) is 2.16. The van der Waals surface area contributed by atoms with Crippen molar-refractivity contribution in [3.63, 3.8) is 0 Å². The van der Waals surface area contributed by atoms with Gasteiger partial charge >= 0.3 is 6.61 Å². The highest BCUT2D eigenvalue weighted by Crippen LogP contribution is 2.41. The van der Waals surface area contributed by atoms with Gasteiger partial charge in [-0.1, -0.05) is 0 Å². The van der Waals surface area contributed by atoms with E-state index in [4.69, 9.17) is 15.2 Å². The third-order valence-electron chi connectivity index (χ3n) is 4.23. The van der Waals surface area contributed by atoms with Crippen molar-refractivity contribution in [2.24, 2.45) is 11.7 Å². The number of halogens is 2. The molecule has 1 aliphatic rings. The maximum atomic E-state index is 12.6. The molecule has 6 nitrogen and oxygen atoms in total. The van der Waals surface area contributed by atoms with Crippen molar-refractivity contribution in [2.75, 3.05) is 20.8 Å². The number of methoxy groups -OCH3 is 2. The second-order valence-electron chi connectivity index (χ2n) is 5.94. The Morgan fingerprint density at radius 1 is 1.33 bits per heavy atom. The standard InChI is InChI=1S/C16H22F2N2O4/c1-16(8-19,10-4-5-10)20-14(21)9-6-11(22-2)13(24-15(17)18)12(7-9)23-3/h6-7,10,15H,4-5,8,19H2,1-3H3,(H,20,21). The van der Waals surface area contributed by atoms with Gasteiger partial charge in [-0.25, -0.2) is 0 Å². The number of carbonyl (C=O) groups excluding carboxylic acids is 1. The largest absolute Gasteiger partial charge is 0.493 e. The quantitative estimate of drug-likeness (QED) is 0.755. The monoisotopic (exact) mass is 344 g/mol. The van der Waals surface area contributed by atoms with E-state index in [-0.39, 0.29) is 28.7 Å². The summed E-state index contributed by atoms with van der Waals surface area (Å²) in [7, 11) is 2.59. The molecule has 0 radical (unpaired) electrons. The van der Waals surface area contributed by atoms with Crippen LogP contribution in [0.1, 0.15) is 30.1 Å². The molecule has 0 spiro atoms. The minimum Gasteiger partial charge on any atom is -0.493 e. The average Bonchev–Trinajstić information content (AvgIpc) is 3.39. The van der Waals surface area contributed by atoms with E-state index in [1.165, 1.54) is 26.4 Å². The van der Waals surface area contributed by atoms with Gasteiger partial charge in [0.2, 0.25) is 5.75 Å². The highest BCUT2D eigenvalue weighted by molar-refractivity contribution is 5.96. The summed E-state index contributed by atoms with van der Waals surface area (Å²) in [6.45, 7) is -0.835. The fraction of sp³-hybridized carbons (Fsp3) is 0.562. The first kappa shape index (κ1) is 18.3. The fourth-order valence-corrected chi connectivity index (χ4v) is 2.59. The van der Waals surface area contributed by atoms with Crippen LogP contribution in [0.4, 0.5) is 8.78 Å². The summed E-state index contributed by atoms with van der Waals surface area (Å²) in [5, 5.41) is 2.92. The molecule has 8 heteroatoms. The van der Waals surface area contributed by atoms with Crippen LogP contribution in [0.25, 0.3) is 0 Å². The molecule has 1 saturated carbocycles. The van der Waals surface area contributed by atoms with E-state index in [0.29, 0.717) is 12.5 Å². The third-order valence-corrected chi connectivity index (χ3v) is 4.23. The molecular weight excluding hydrogens is 322 g/mol. The average molecular weight is 344 g/mol. The van der Waals surface area contributed by atoms with Gasteiger partial charge in [-0.3, -0.25) is 4.79 Å². The molecule has 1 aromatic carbocycles. The minimum atomic E-state index is -3.04. The second-order valence-corrected chi connectivity index (χ2v) is 5.94. The molecule has 134 valence electrons. The lowest BCUT2D eigenvalue weighted by Gasteiger charge is -2.29. The van der Waals surface area contributed by atoms with Gasteiger partial charge in [-0.05, 0) is 37.8 Å². The number of nitrogens with one attached hydrogen (secondary N) is 1. The van der Waals surface area contributed by atoms with Gasteiger partial charge in [0.1, 0.15) is 0 Å². The van der Waals surface area contributed by atoms with Gasteiger partial charge in [0.05, 0.1) is 19.8 Å². The molecular formula is C16H22F2N2O4. The van der Waals surface area contributed by atoms with Gasteiger partial charge in [-0.2, -0.15) is 8.78 Å². The maximum absolute atomic E-state index is 12.6. The molecule has 0 aliphatic heterocycles. The first-order valence-corrected chi connectivity index (χ1v) is 7.58. The number of rotatable bonds is 8. The third kappa shape index (κ3) is 3.87. The normalized spacial score (nSPS) is 16.5. The summed E-state index contributed by atoms with van der Waals surface area (Å²) >= 11 is 0. The summed E-state index contributed by atoms with van der Waals surface area (Å²) in [6, 6.07) is 2.67. The van der Waals surface area contributed by atoms with E-state index in [2.05, 4.69) is 10.1 Å². The van der Waals surface area contributed by atoms with Crippen molar-refractivity contribution in [1.29, 1.82) is 0 Å². The van der Waals surface area contributed by atoms with Crippen LogP contribution in [0.2, 0.25) is 0 Å². The molecule has 0 bridgehead atoms. The van der Waals surface area contributed by atoms with E-state index in [9.17, 15) is 13.6 Å². The summed E-state index contributed by atoms with van der Waals surface area (Å²) in [6.07, 6.45) is 2.03. The van der Waals surface area contributed by atoms with Crippen LogP contribution < -0.4 is 25.3 Å². The van der Waals surface area contributed by atoms with Crippen molar-refractivity contribution < 1.29 is 27.8 Å². The zero-order valence-corrected chi connectivity index (χ0v) is 13.9. The first-order valence-electron chi connectivity index (χ1n) is 7.58. The Morgan fingerprint density at radius 3 is 2.25 bits per heavy atom. The molecule has 1 fully saturated rings. The Labute approximate surface area is 139 Å². The van der Waals surface area contributed by atoms with Crippen molar-refractivity contribution in [1.82, 2.24) is 5.32 Å². The van der Waals surface area contributed by atoms with E-state index in [1.807, 2.05) is 6.92 Å². The van der Waals surface area contributed by atoms with Crippen LogP contribution >= 0.6 is 0 Å². The lowest BCUT2D eigenvalue weighted by atomic mass is 9.95. The summed E-state index contributed by atoms with van der Waals surface area (Å²) < 4.78 is 39.6. The van der Waals surface area contributed by atoms with Crippen LogP contribution in [0.5, 0.6) is 17.2 Å². The van der Waals surface area contributed by atoms with E-state index in [0.717, 1.165) is 12.8 Å². The van der Waals surface area contributed by atoms with Crippen LogP contribution in [0.3, 0.4) is 0 Å². The Hall–Kier alpha value is -2.09. The van der Waals surface area contributed by atoms with E-state index in [1.54, 1.807) is 0 Å². The number of nitrogens with two attached hydrogens (primary N) is 1. The molecule has 1 atom stereocenters. The van der Waals surface area contributed by atoms with E-state index >= 15 is 0 Å². The van der Waals surface area contributed by atoms with Crippen molar-refractivity contribution in [2.45, 2.75) is 31.9 Å². The molecule has 2 rings (SSSR count). The zero-order valence-electron chi connectivity index (χ0n) is 13.9. The summed E-state index contributed by atoms with van der Waals surface area (Å²) in [4.78, 5) is 12.6. The lowest BCUT2D eigenvalue weighted by Crippen LogP contribution is -2.53. The van der Waals surface area contributed by atoms with Crippen molar-refractivity contribution in [3.05, 3.63) is 17.7 Å². The zero-order chi connectivity index (χ0) is 17.9. The van der Waals surface area contributed by atoms with Crippen LogP contribution in [0.15, 0.2) is 12.1 Å². The van der Waals surface area contributed by atoms with Crippen LogP contribution in [-0.4, -0.2) is 38.8 Å². The molecule has 3 N–H and O–H groups in total. The summed E-state index contributed by atoms with van der Waals surface area (Å²) in [5.74, 6) is -0.316. The predicted molar refractivity (Wildman–Crippen MR) is 83.8 cm³/mol. The number of benzene rings is 1. The molecule has 24 heavy (non-hydrogen) atoms. The number of hydrogen-bond donors (Lipinski definition) is 2. The maximum Gasteiger partial charge on any atom is 0.387 e. The Kier molecular flexibility index (Phi) is 5.48. The molecule has 1 aliphatic carbocycles. The Bertz CT molecular complexity index is 583. The molecule has 0 heterocycles. The van der Waals surface area contributed by atoms with Crippen molar-refractivity contribution in [3.8, 4) is 17.2 Å². The molecule has 1 amide bonds. The van der Waals surface area contributed by atoms with Gasteiger partial charge < -0.3 is 25.3 Å². The minimum absolute atomic E-state index is 0.0133. The van der Waals surface area contributed by atoms with Crippen molar-refractivity contribution >= 4 is 5.91 Å². The number of ether oxygens (including phenoxy) is 3. The summed E-state index contributed by atoms with van der Waals surface area (Å²) in [5.41, 5.74) is 5.51.